The number of rotatable bonds is 5. The summed E-state index contributed by atoms with van der Waals surface area (Å²) in [7, 11) is -3.73. The van der Waals surface area contributed by atoms with Crippen molar-refractivity contribution >= 4 is 33.0 Å². The summed E-state index contributed by atoms with van der Waals surface area (Å²) < 4.78 is 26.8. The van der Waals surface area contributed by atoms with Gasteiger partial charge in [0.2, 0.25) is 0 Å². The lowest BCUT2D eigenvalue weighted by Crippen LogP contribution is -2.30. The summed E-state index contributed by atoms with van der Waals surface area (Å²) in [6.07, 6.45) is 0. The van der Waals surface area contributed by atoms with Crippen molar-refractivity contribution in [1.82, 2.24) is 4.72 Å². The van der Waals surface area contributed by atoms with E-state index in [-0.39, 0.29) is 15.8 Å². The van der Waals surface area contributed by atoms with Gasteiger partial charge in [-0.1, -0.05) is 41.9 Å². The molecular formula is C12H12ClNO3S2. The van der Waals surface area contributed by atoms with Crippen LogP contribution in [-0.2, 0) is 10.0 Å². The lowest BCUT2D eigenvalue weighted by atomic mass is 10.1. The lowest BCUT2D eigenvalue weighted by Gasteiger charge is -2.16. The van der Waals surface area contributed by atoms with E-state index in [9.17, 15) is 13.5 Å². The van der Waals surface area contributed by atoms with E-state index in [1.54, 1.807) is 29.6 Å². The summed E-state index contributed by atoms with van der Waals surface area (Å²) in [5.41, 5.74) is 0.696. The van der Waals surface area contributed by atoms with Crippen LogP contribution in [0.1, 0.15) is 11.6 Å². The Bertz CT molecular complexity index is 640. The van der Waals surface area contributed by atoms with Gasteiger partial charge in [-0.3, -0.25) is 0 Å². The SMILES string of the molecule is O=S(=O)(N[C@H](CO)c1ccccc1)c1sccc1Cl. The Labute approximate surface area is 120 Å². The summed E-state index contributed by atoms with van der Waals surface area (Å²) in [6, 6.07) is 9.72. The second kappa shape index (κ2) is 6.02. The van der Waals surface area contributed by atoms with Gasteiger partial charge in [0.1, 0.15) is 0 Å². The first-order valence-corrected chi connectivity index (χ1v) is 8.20. The van der Waals surface area contributed by atoms with Gasteiger partial charge in [-0.15, -0.1) is 11.3 Å². The number of thiophene rings is 1. The van der Waals surface area contributed by atoms with Gasteiger partial charge in [-0.25, -0.2) is 13.1 Å². The number of aliphatic hydroxyl groups is 1. The minimum atomic E-state index is -3.73. The zero-order chi connectivity index (χ0) is 13.9. The highest BCUT2D eigenvalue weighted by molar-refractivity contribution is 7.91. The summed E-state index contributed by atoms with van der Waals surface area (Å²) in [5.74, 6) is 0. The first-order chi connectivity index (χ1) is 9.04. The van der Waals surface area contributed by atoms with Crippen molar-refractivity contribution in [3.63, 3.8) is 0 Å². The van der Waals surface area contributed by atoms with Crippen molar-refractivity contribution in [2.24, 2.45) is 0 Å². The molecule has 2 rings (SSSR count). The maximum atomic E-state index is 12.2. The number of sulfonamides is 1. The average molecular weight is 318 g/mol. The van der Waals surface area contributed by atoms with E-state index in [1.807, 2.05) is 6.07 Å². The van der Waals surface area contributed by atoms with Gasteiger partial charge < -0.3 is 5.11 Å². The second-order valence-corrected chi connectivity index (χ2v) is 7.06. The van der Waals surface area contributed by atoms with Crippen LogP contribution >= 0.6 is 22.9 Å². The standard InChI is InChI=1S/C12H12ClNO3S2/c13-10-6-7-18-12(10)19(16,17)14-11(8-15)9-4-2-1-3-5-9/h1-7,11,14-15H,8H2/t11-/m1/s1. The summed E-state index contributed by atoms with van der Waals surface area (Å²) in [5, 5.41) is 11.1. The number of nitrogens with one attached hydrogen (secondary N) is 1. The molecule has 7 heteroatoms. The molecule has 1 atom stereocenters. The van der Waals surface area contributed by atoms with Crippen molar-refractivity contribution in [3.05, 3.63) is 52.4 Å². The van der Waals surface area contributed by atoms with Crippen molar-refractivity contribution in [1.29, 1.82) is 0 Å². The topological polar surface area (TPSA) is 66.4 Å². The van der Waals surface area contributed by atoms with Crippen LogP contribution in [0.15, 0.2) is 46.0 Å². The molecule has 0 saturated carbocycles. The molecule has 0 aliphatic heterocycles. The number of benzene rings is 1. The molecule has 0 unspecified atom stereocenters. The molecule has 2 aromatic rings. The quantitative estimate of drug-likeness (QED) is 0.890. The molecule has 0 aliphatic carbocycles. The molecule has 4 nitrogen and oxygen atoms in total. The van der Waals surface area contributed by atoms with Gasteiger partial charge in [0, 0.05) is 0 Å². The van der Waals surface area contributed by atoms with E-state index < -0.39 is 16.1 Å². The molecule has 1 aromatic heterocycles. The number of aliphatic hydroxyl groups excluding tert-OH is 1. The third-order valence-electron chi connectivity index (χ3n) is 2.51. The fourth-order valence-corrected chi connectivity index (χ4v) is 4.53. The molecule has 1 aromatic carbocycles. The molecule has 0 aliphatic rings. The average Bonchev–Trinajstić information content (AvgIpc) is 2.84. The molecule has 0 spiro atoms. The smallest absolute Gasteiger partial charge is 0.252 e. The fourth-order valence-electron chi connectivity index (χ4n) is 1.61. The van der Waals surface area contributed by atoms with Crippen molar-refractivity contribution in [2.45, 2.75) is 10.3 Å². The Hall–Kier alpha value is -0.920. The Kier molecular flexibility index (Phi) is 4.59. The van der Waals surface area contributed by atoms with Crippen LogP contribution in [0.4, 0.5) is 0 Å². The van der Waals surface area contributed by atoms with Crippen molar-refractivity contribution in [2.75, 3.05) is 6.61 Å². The highest BCUT2D eigenvalue weighted by atomic mass is 35.5. The van der Waals surface area contributed by atoms with Crippen molar-refractivity contribution in [3.8, 4) is 0 Å². The number of halogens is 1. The Balaban J connectivity index is 2.27. The first-order valence-electron chi connectivity index (χ1n) is 5.45. The molecule has 2 N–H and O–H groups in total. The second-order valence-electron chi connectivity index (χ2n) is 3.82. The zero-order valence-electron chi connectivity index (χ0n) is 9.78. The predicted octanol–water partition coefficient (Wildman–Crippen LogP) is 2.41. The Morgan fingerprint density at radius 1 is 1.26 bits per heavy atom. The third-order valence-corrected chi connectivity index (χ3v) is 6.01. The number of hydrogen-bond acceptors (Lipinski definition) is 4. The molecule has 0 fully saturated rings. The lowest BCUT2D eigenvalue weighted by molar-refractivity contribution is 0.259. The highest BCUT2D eigenvalue weighted by Gasteiger charge is 2.24. The monoisotopic (exact) mass is 317 g/mol. The minimum absolute atomic E-state index is 0.0588. The fraction of sp³-hybridized carbons (Fsp3) is 0.167. The van der Waals surface area contributed by atoms with E-state index in [0.717, 1.165) is 11.3 Å². The van der Waals surface area contributed by atoms with E-state index in [4.69, 9.17) is 11.6 Å². The minimum Gasteiger partial charge on any atom is -0.394 e. The van der Waals surface area contributed by atoms with E-state index in [1.165, 1.54) is 6.07 Å². The van der Waals surface area contributed by atoms with Crippen LogP contribution in [0.2, 0.25) is 5.02 Å². The van der Waals surface area contributed by atoms with Gasteiger partial charge in [-0.2, -0.15) is 0 Å². The maximum absolute atomic E-state index is 12.2. The Morgan fingerprint density at radius 3 is 2.47 bits per heavy atom. The van der Waals surface area contributed by atoms with Crippen LogP contribution in [0, 0.1) is 0 Å². The summed E-state index contributed by atoms with van der Waals surface area (Å²) >= 11 is 6.87. The van der Waals surface area contributed by atoms with E-state index in [0.29, 0.717) is 5.56 Å². The molecule has 0 saturated heterocycles. The van der Waals surface area contributed by atoms with Crippen LogP contribution in [0.3, 0.4) is 0 Å². The highest BCUT2D eigenvalue weighted by Crippen LogP contribution is 2.28. The molecule has 19 heavy (non-hydrogen) atoms. The molecule has 1 heterocycles. The molecular weight excluding hydrogens is 306 g/mol. The van der Waals surface area contributed by atoms with Gasteiger partial charge in [0.25, 0.3) is 10.0 Å². The molecule has 0 amide bonds. The van der Waals surface area contributed by atoms with E-state index in [2.05, 4.69) is 4.72 Å². The van der Waals surface area contributed by atoms with Crippen LogP contribution in [-0.4, -0.2) is 20.1 Å². The Morgan fingerprint density at radius 2 is 1.95 bits per heavy atom. The summed E-state index contributed by atoms with van der Waals surface area (Å²) in [4.78, 5) is 0. The number of hydrogen-bond donors (Lipinski definition) is 2. The van der Waals surface area contributed by atoms with Crippen LogP contribution in [0.5, 0.6) is 0 Å². The summed E-state index contributed by atoms with van der Waals surface area (Å²) in [6.45, 7) is -0.327. The van der Waals surface area contributed by atoms with Gasteiger partial charge >= 0.3 is 0 Å². The van der Waals surface area contributed by atoms with Crippen molar-refractivity contribution < 1.29 is 13.5 Å². The predicted molar refractivity (Wildman–Crippen MR) is 75.9 cm³/mol. The van der Waals surface area contributed by atoms with Crippen LogP contribution < -0.4 is 4.72 Å². The molecule has 0 radical (unpaired) electrons. The van der Waals surface area contributed by atoms with E-state index >= 15 is 0 Å². The molecule has 0 bridgehead atoms. The third kappa shape index (κ3) is 3.34. The van der Waals surface area contributed by atoms with Gasteiger partial charge in [0.15, 0.2) is 4.21 Å². The van der Waals surface area contributed by atoms with Gasteiger partial charge in [-0.05, 0) is 17.0 Å². The maximum Gasteiger partial charge on any atom is 0.252 e. The van der Waals surface area contributed by atoms with Crippen LogP contribution in [0.25, 0.3) is 0 Å². The largest absolute Gasteiger partial charge is 0.394 e. The first kappa shape index (κ1) is 14.5. The molecule has 102 valence electrons. The normalized spacial score (nSPS) is 13.4. The van der Waals surface area contributed by atoms with Gasteiger partial charge in [0.05, 0.1) is 17.7 Å². The zero-order valence-corrected chi connectivity index (χ0v) is 12.2.